The molecular weight excluding hydrogens is 330 g/mol. The SMILES string of the molecule is O=C(OCC(=O)N1CCC(c2ccccc2)=N1)c1cccnc1Cl. The molecule has 0 N–H and O–H groups in total. The van der Waals surface area contributed by atoms with Gasteiger partial charge in [0.1, 0.15) is 5.15 Å². The number of esters is 1. The molecule has 1 amide bonds. The predicted molar refractivity (Wildman–Crippen MR) is 88.8 cm³/mol. The van der Waals surface area contributed by atoms with Crippen molar-refractivity contribution in [3.8, 4) is 0 Å². The number of aromatic nitrogens is 1. The minimum Gasteiger partial charge on any atom is -0.452 e. The lowest BCUT2D eigenvalue weighted by molar-refractivity contribution is -0.134. The number of ether oxygens (including phenoxy) is 1. The molecule has 0 spiro atoms. The number of hydrogen-bond donors (Lipinski definition) is 0. The number of amides is 1. The number of carbonyl (C=O) groups is 2. The third-order valence-electron chi connectivity index (χ3n) is 3.50. The van der Waals surface area contributed by atoms with Gasteiger partial charge in [0.25, 0.3) is 5.91 Å². The number of carbonyl (C=O) groups excluding carboxylic acids is 2. The fourth-order valence-electron chi connectivity index (χ4n) is 2.29. The minimum atomic E-state index is -0.687. The molecule has 0 bridgehead atoms. The number of hydrazone groups is 1. The topological polar surface area (TPSA) is 71.9 Å². The van der Waals surface area contributed by atoms with Crippen LogP contribution < -0.4 is 0 Å². The van der Waals surface area contributed by atoms with Crippen LogP contribution in [0.1, 0.15) is 22.3 Å². The number of nitrogens with zero attached hydrogens (tertiary/aromatic N) is 3. The second-order valence-corrected chi connectivity index (χ2v) is 5.46. The van der Waals surface area contributed by atoms with Gasteiger partial charge in [-0.2, -0.15) is 5.10 Å². The molecule has 3 rings (SSSR count). The Morgan fingerprint density at radius 2 is 1.96 bits per heavy atom. The number of benzene rings is 1. The zero-order valence-corrected chi connectivity index (χ0v) is 13.4. The summed E-state index contributed by atoms with van der Waals surface area (Å²) < 4.78 is 5.00. The van der Waals surface area contributed by atoms with E-state index in [-0.39, 0.29) is 16.6 Å². The molecule has 1 aromatic heterocycles. The van der Waals surface area contributed by atoms with E-state index in [0.29, 0.717) is 13.0 Å². The van der Waals surface area contributed by atoms with E-state index >= 15 is 0 Å². The third kappa shape index (κ3) is 3.60. The lowest BCUT2D eigenvalue weighted by Gasteiger charge is -2.11. The fraction of sp³-hybridized carbons (Fsp3) is 0.176. The van der Waals surface area contributed by atoms with Crippen LogP contribution in [-0.4, -0.2) is 40.7 Å². The summed E-state index contributed by atoms with van der Waals surface area (Å²) in [6.45, 7) is 0.0733. The van der Waals surface area contributed by atoms with Gasteiger partial charge >= 0.3 is 5.97 Å². The number of rotatable bonds is 4. The van der Waals surface area contributed by atoms with Gasteiger partial charge in [-0.1, -0.05) is 41.9 Å². The Hall–Kier alpha value is -2.73. The van der Waals surface area contributed by atoms with Gasteiger partial charge in [0.2, 0.25) is 0 Å². The van der Waals surface area contributed by atoms with Crippen molar-refractivity contribution >= 4 is 29.2 Å². The predicted octanol–water partition coefficient (Wildman–Crippen LogP) is 2.53. The molecule has 0 unspecified atom stereocenters. The maximum absolute atomic E-state index is 12.1. The van der Waals surface area contributed by atoms with E-state index in [9.17, 15) is 9.59 Å². The summed E-state index contributed by atoms with van der Waals surface area (Å²) >= 11 is 5.82. The van der Waals surface area contributed by atoms with Crippen LogP contribution in [0.3, 0.4) is 0 Å². The summed E-state index contributed by atoms with van der Waals surface area (Å²) in [7, 11) is 0. The molecule has 0 saturated heterocycles. The van der Waals surface area contributed by atoms with E-state index in [4.69, 9.17) is 16.3 Å². The van der Waals surface area contributed by atoms with Gasteiger partial charge in [0.15, 0.2) is 6.61 Å². The molecule has 0 fully saturated rings. The first-order valence-corrected chi connectivity index (χ1v) is 7.74. The zero-order valence-electron chi connectivity index (χ0n) is 12.7. The van der Waals surface area contributed by atoms with Crippen molar-refractivity contribution in [2.24, 2.45) is 5.10 Å². The summed E-state index contributed by atoms with van der Waals surface area (Å²) in [4.78, 5) is 27.8. The maximum Gasteiger partial charge on any atom is 0.341 e. The molecule has 6 nitrogen and oxygen atoms in total. The van der Waals surface area contributed by atoms with Crippen molar-refractivity contribution < 1.29 is 14.3 Å². The summed E-state index contributed by atoms with van der Waals surface area (Å²) in [6.07, 6.45) is 2.13. The van der Waals surface area contributed by atoms with Gasteiger partial charge in [-0.05, 0) is 17.7 Å². The highest BCUT2D eigenvalue weighted by atomic mass is 35.5. The molecule has 0 atom stereocenters. The minimum absolute atomic E-state index is 0.0421. The van der Waals surface area contributed by atoms with Gasteiger partial charge in [-0.3, -0.25) is 4.79 Å². The molecule has 0 radical (unpaired) electrons. The molecule has 0 saturated carbocycles. The van der Waals surface area contributed by atoms with Gasteiger partial charge < -0.3 is 4.74 Å². The molecule has 24 heavy (non-hydrogen) atoms. The Labute approximate surface area is 143 Å². The first kappa shape index (κ1) is 16.1. The van der Waals surface area contributed by atoms with Crippen LogP contribution in [0.4, 0.5) is 0 Å². The summed E-state index contributed by atoms with van der Waals surface area (Å²) in [5.74, 6) is -1.07. The standard InChI is InChI=1S/C17H14ClN3O3/c18-16-13(7-4-9-19-16)17(23)24-11-15(22)21-10-8-14(20-21)12-5-2-1-3-6-12/h1-7,9H,8,10-11H2. The molecule has 2 heterocycles. The molecule has 7 heteroatoms. The average Bonchev–Trinajstić information content (AvgIpc) is 3.11. The van der Waals surface area contributed by atoms with Crippen LogP contribution >= 0.6 is 11.6 Å². The first-order valence-electron chi connectivity index (χ1n) is 7.36. The maximum atomic E-state index is 12.1. The zero-order chi connectivity index (χ0) is 16.9. The second-order valence-electron chi connectivity index (χ2n) is 5.10. The lowest BCUT2D eigenvalue weighted by Crippen LogP contribution is -2.28. The highest BCUT2D eigenvalue weighted by Crippen LogP contribution is 2.15. The van der Waals surface area contributed by atoms with Crippen molar-refractivity contribution in [2.45, 2.75) is 6.42 Å². The molecule has 2 aromatic rings. The van der Waals surface area contributed by atoms with E-state index in [2.05, 4.69) is 10.1 Å². The Morgan fingerprint density at radius 3 is 2.71 bits per heavy atom. The van der Waals surface area contributed by atoms with Crippen LogP contribution in [0.5, 0.6) is 0 Å². The Balaban J connectivity index is 1.59. The normalized spacial score (nSPS) is 13.5. The summed E-state index contributed by atoms with van der Waals surface area (Å²) in [6, 6.07) is 12.7. The van der Waals surface area contributed by atoms with Crippen LogP contribution in [0.2, 0.25) is 5.15 Å². The van der Waals surface area contributed by atoms with Crippen molar-refractivity contribution in [2.75, 3.05) is 13.2 Å². The van der Waals surface area contributed by atoms with Crippen molar-refractivity contribution in [3.05, 3.63) is 64.9 Å². The van der Waals surface area contributed by atoms with Crippen LogP contribution in [0.25, 0.3) is 0 Å². The molecular formula is C17H14ClN3O3. The molecule has 1 aliphatic heterocycles. The Bertz CT molecular complexity index is 793. The fourth-order valence-corrected chi connectivity index (χ4v) is 2.48. The van der Waals surface area contributed by atoms with Crippen molar-refractivity contribution in [1.29, 1.82) is 0 Å². The quantitative estimate of drug-likeness (QED) is 0.631. The van der Waals surface area contributed by atoms with Gasteiger partial charge in [0, 0.05) is 12.6 Å². The van der Waals surface area contributed by atoms with Gasteiger partial charge in [0.05, 0.1) is 17.8 Å². The molecule has 122 valence electrons. The first-order chi connectivity index (χ1) is 11.6. The second kappa shape index (κ2) is 7.23. The van der Waals surface area contributed by atoms with Crippen molar-refractivity contribution in [1.82, 2.24) is 9.99 Å². The van der Waals surface area contributed by atoms with E-state index < -0.39 is 12.6 Å². The van der Waals surface area contributed by atoms with Crippen LogP contribution in [-0.2, 0) is 9.53 Å². The smallest absolute Gasteiger partial charge is 0.341 e. The number of hydrogen-bond acceptors (Lipinski definition) is 5. The van der Waals surface area contributed by atoms with Gasteiger partial charge in [-0.25, -0.2) is 14.8 Å². The average molecular weight is 344 g/mol. The third-order valence-corrected chi connectivity index (χ3v) is 3.80. The monoisotopic (exact) mass is 343 g/mol. The van der Waals surface area contributed by atoms with E-state index in [1.807, 2.05) is 30.3 Å². The summed E-state index contributed by atoms with van der Waals surface area (Å²) in [5, 5.41) is 5.66. The van der Waals surface area contributed by atoms with Crippen LogP contribution in [0.15, 0.2) is 53.8 Å². The van der Waals surface area contributed by atoms with Crippen LogP contribution in [0, 0.1) is 0 Å². The Morgan fingerprint density at radius 1 is 1.17 bits per heavy atom. The number of pyridine rings is 1. The molecule has 1 aromatic carbocycles. The van der Waals surface area contributed by atoms with Crippen molar-refractivity contribution in [3.63, 3.8) is 0 Å². The highest BCUT2D eigenvalue weighted by Gasteiger charge is 2.23. The number of halogens is 1. The highest BCUT2D eigenvalue weighted by molar-refractivity contribution is 6.32. The Kier molecular flexibility index (Phi) is 4.86. The van der Waals surface area contributed by atoms with E-state index in [0.717, 1.165) is 11.3 Å². The van der Waals surface area contributed by atoms with E-state index in [1.165, 1.54) is 17.3 Å². The molecule has 1 aliphatic rings. The lowest BCUT2D eigenvalue weighted by atomic mass is 10.1. The summed E-state index contributed by atoms with van der Waals surface area (Å²) in [5.41, 5.74) is 1.94. The molecule has 0 aliphatic carbocycles. The van der Waals surface area contributed by atoms with Gasteiger partial charge in [-0.15, -0.1) is 0 Å². The largest absolute Gasteiger partial charge is 0.452 e. The van der Waals surface area contributed by atoms with E-state index in [1.54, 1.807) is 6.07 Å².